The molecule has 0 spiro atoms. The average Bonchev–Trinajstić information content (AvgIpc) is 2.32. The van der Waals surface area contributed by atoms with Crippen molar-refractivity contribution in [3.8, 4) is 0 Å². The Bertz CT molecular complexity index is 393. The van der Waals surface area contributed by atoms with Crippen LogP contribution in [0.25, 0.3) is 0 Å². The van der Waals surface area contributed by atoms with Gasteiger partial charge in [-0.05, 0) is 37.1 Å². The summed E-state index contributed by atoms with van der Waals surface area (Å²) in [5.41, 5.74) is 0.854. The summed E-state index contributed by atoms with van der Waals surface area (Å²) in [6.45, 7) is 0.740. The first kappa shape index (κ1) is 11.6. The van der Waals surface area contributed by atoms with Crippen LogP contribution in [0.2, 0.25) is 10.0 Å². The van der Waals surface area contributed by atoms with Gasteiger partial charge in [-0.15, -0.1) is 0 Å². The van der Waals surface area contributed by atoms with Gasteiger partial charge in [0.25, 0.3) is 0 Å². The Balaban J connectivity index is 1.93. The highest BCUT2D eigenvalue weighted by atomic mass is 35.5. The van der Waals surface area contributed by atoms with E-state index in [0.29, 0.717) is 10.0 Å². The van der Waals surface area contributed by atoms with Crippen LogP contribution in [-0.4, -0.2) is 12.6 Å². The second kappa shape index (κ2) is 5.46. The van der Waals surface area contributed by atoms with Crippen molar-refractivity contribution in [2.75, 3.05) is 11.9 Å². The summed E-state index contributed by atoms with van der Waals surface area (Å²) in [6.07, 6.45) is 6.09. The smallest absolute Gasteiger partial charge is 0.115 e. The highest BCUT2D eigenvalue weighted by Gasteiger charge is 2.11. The molecule has 16 heavy (non-hydrogen) atoms. The molecule has 1 aromatic rings. The second-order valence-corrected chi connectivity index (χ2v) is 4.56. The molecule has 0 aliphatic carbocycles. The number of nitrogens with one attached hydrogen (secondary N) is 1. The summed E-state index contributed by atoms with van der Waals surface area (Å²) in [7, 11) is 0. The monoisotopic (exact) mass is 257 g/mol. The molecule has 1 aromatic carbocycles. The number of halogens is 2. The lowest BCUT2D eigenvalue weighted by Crippen LogP contribution is -2.23. The van der Waals surface area contributed by atoms with E-state index in [0.717, 1.165) is 25.1 Å². The number of benzene rings is 1. The van der Waals surface area contributed by atoms with E-state index in [1.54, 1.807) is 18.4 Å². The number of hydrogen-bond donors (Lipinski definition) is 1. The third-order valence-corrected chi connectivity index (χ3v) is 3.04. The minimum Gasteiger partial charge on any atom is -0.497 e. The van der Waals surface area contributed by atoms with E-state index in [2.05, 4.69) is 5.32 Å². The van der Waals surface area contributed by atoms with E-state index >= 15 is 0 Å². The van der Waals surface area contributed by atoms with Crippen LogP contribution in [0.5, 0.6) is 0 Å². The topological polar surface area (TPSA) is 21.3 Å². The van der Waals surface area contributed by atoms with Crippen LogP contribution in [0.1, 0.15) is 12.8 Å². The summed E-state index contributed by atoms with van der Waals surface area (Å²) in [4.78, 5) is 0. The Morgan fingerprint density at radius 2 is 2.25 bits per heavy atom. The lowest BCUT2D eigenvalue weighted by atomic mass is 10.1. The Labute approximate surface area is 105 Å². The van der Waals surface area contributed by atoms with E-state index < -0.39 is 0 Å². The lowest BCUT2D eigenvalue weighted by molar-refractivity contribution is 0.135. The fourth-order valence-electron chi connectivity index (χ4n) is 1.59. The van der Waals surface area contributed by atoms with Gasteiger partial charge in [0, 0.05) is 5.02 Å². The highest BCUT2D eigenvalue weighted by Crippen LogP contribution is 2.25. The predicted octanol–water partition coefficient (Wildman–Crippen LogP) is 4.10. The van der Waals surface area contributed by atoms with Gasteiger partial charge in [0.05, 0.1) is 23.5 Å². The van der Waals surface area contributed by atoms with Gasteiger partial charge >= 0.3 is 0 Å². The van der Waals surface area contributed by atoms with Crippen LogP contribution in [0.3, 0.4) is 0 Å². The van der Waals surface area contributed by atoms with Crippen molar-refractivity contribution in [1.82, 2.24) is 0 Å². The van der Waals surface area contributed by atoms with E-state index in [9.17, 15) is 0 Å². The molecular formula is C12H13Cl2NO. The number of allylic oxidation sites excluding steroid dienone is 1. The molecule has 1 aliphatic heterocycles. The van der Waals surface area contributed by atoms with Gasteiger partial charge in [-0.3, -0.25) is 0 Å². The van der Waals surface area contributed by atoms with Crippen molar-refractivity contribution >= 4 is 28.9 Å². The van der Waals surface area contributed by atoms with Crippen LogP contribution in [0.15, 0.2) is 30.5 Å². The predicted molar refractivity (Wildman–Crippen MR) is 68.2 cm³/mol. The Kier molecular flexibility index (Phi) is 3.97. The summed E-state index contributed by atoms with van der Waals surface area (Å²) in [5.74, 6) is 0. The number of anilines is 1. The molecule has 0 aromatic heterocycles. The Morgan fingerprint density at radius 3 is 3.00 bits per heavy atom. The molecule has 1 N–H and O–H groups in total. The Morgan fingerprint density at radius 1 is 1.38 bits per heavy atom. The maximum absolute atomic E-state index is 6.04. The normalized spacial score (nSPS) is 19.2. The molecule has 0 fully saturated rings. The molecule has 0 saturated carbocycles. The van der Waals surface area contributed by atoms with E-state index in [-0.39, 0.29) is 6.10 Å². The van der Waals surface area contributed by atoms with Crippen molar-refractivity contribution in [2.24, 2.45) is 0 Å². The third-order valence-electron chi connectivity index (χ3n) is 2.47. The van der Waals surface area contributed by atoms with Crippen molar-refractivity contribution in [3.05, 3.63) is 40.6 Å². The van der Waals surface area contributed by atoms with Crippen LogP contribution in [0, 0.1) is 0 Å². The van der Waals surface area contributed by atoms with Gasteiger partial charge in [-0.2, -0.15) is 0 Å². The van der Waals surface area contributed by atoms with Gasteiger partial charge in [-0.25, -0.2) is 0 Å². The van der Waals surface area contributed by atoms with E-state index in [1.165, 1.54) is 0 Å². The van der Waals surface area contributed by atoms with Gasteiger partial charge in [0.1, 0.15) is 6.10 Å². The third kappa shape index (κ3) is 3.06. The van der Waals surface area contributed by atoms with Crippen molar-refractivity contribution in [1.29, 1.82) is 0 Å². The van der Waals surface area contributed by atoms with Gasteiger partial charge in [0.15, 0.2) is 0 Å². The lowest BCUT2D eigenvalue weighted by Gasteiger charge is -2.20. The van der Waals surface area contributed by atoms with Gasteiger partial charge < -0.3 is 10.1 Å². The molecule has 86 valence electrons. The maximum atomic E-state index is 6.04. The van der Waals surface area contributed by atoms with E-state index in [4.69, 9.17) is 27.9 Å². The molecule has 2 nitrogen and oxygen atoms in total. The maximum Gasteiger partial charge on any atom is 0.115 e. The zero-order valence-electron chi connectivity index (χ0n) is 8.75. The van der Waals surface area contributed by atoms with Crippen LogP contribution < -0.4 is 5.32 Å². The summed E-state index contributed by atoms with van der Waals surface area (Å²) >= 11 is 11.9. The zero-order valence-corrected chi connectivity index (χ0v) is 10.3. The van der Waals surface area contributed by atoms with Crippen molar-refractivity contribution in [2.45, 2.75) is 18.9 Å². The number of hydrogen-bond acceptors (Lipinski definition) is 2. The highest BCUT2D eigenvalue weighted by molar-refractivity contribution is 6.35. The molecule has 1 unspecified atom stereocenters. The molecule has 0 saturated heterocycles. The quantitative estimate of drug-likeness (QED) is 0.881. The first-order chi connectivity index (χ1) is 7.75. The molecule has 1 aliphatic rings. The largest absolute Gasteiger partial charge is 0.497 e. The molecule has 4 heteroatoms. The summed E-state index contributed by atoms with van der Waals surface area (Å²) in [6, 6.07) is 5.38. The number of ether oxygens (including phenoxy) is 1. The van der Waals surface area contributed by atoms with Crippen LogP contribution in [-0.2, 0) is 4.74 Å². The first-order valence-electron chi connectivity index (χ1n) is 5.25. The molecule has 0 amide bonds. The first-order valence-corrected chi connectivity index (χ1v) is 6.00. The average molecular weight is 258 g/mol. The SMILES string of the molecule is Clc1ccc(Cl)c(NCC2CCC=CO2)c1. The summed E-state index contributed by atoms with van der Waals surface area (Å²) in [5, 5.41) is 4.60. The fraction of sp³-hybridized carbons (Fsp3) is 0.333. The minimum atomic E-state index is 0.208. The van der Waals surface area contributed by atoms with Crippen molar-refractivity contribution < 1.29 is 4.74 Å². The molecule has 1 heterocycles. The van der Waals surface area contributed by atoms with Gasteiger partial charge in [0.2, 0.25) is 0 Å². The van der Waals surface area contributed by atoms with Crippen LogP contribution in [0.4, 0.5) is 5.69 Å². The molecule has 2 rings (SSSR count). The zero-order chi connectivity index (χ0) is 11.4. The van der Waals surface area contributed by atoms with E-state index in [1.807, 2.05) is 12.1 Å². The summed E-state index contributed by atoms with van der Waals surface area (Å²) < 4.78 is 5.45. The van der Waals surface area contributed by atoms with Crippen molar-refractivity contribution in [3.63, 3.8) is 0 Å². The second-order valence-electron chi connectivity index (χ2n) is 3.71. The standard InChI is InChI=1S/C12H13Cl2NO/c13-9-4-5-11(14)12(7-9)15-8-10-3-1-2-6-16-10/h2,4-7,10,15H,1,3,8H2. The molecule has 0 radical (unpaired) electrons. The number of rotatable bonds is 3. The Hall–Kier alpha value is -0.860. The molecule has 1 atom stereocenters. The molecular weight excluding hydrogens is 245 g/mol. The fourth-order valence-corrected chi connectivity index (χ4v) is 1.95. The van der Waals surface area contributed by atoms with Gasteiger partial charge in [-0.1, -0.05) is 23.2 Å². The van der Waals surface area contributed by atoms with Crippen LogP contribution >= 0.6 is 23.2 Å². The minimum absolute atomic E-state index is 0.208. The molecule has 0 bridgehead atoms.